The summed E-state index contributed by atoms with van der Waals surface area (Å²) in [5, 5.41) is 0. The van der Waals surface area contributed by atoms with E-state index in [1.807, 2.05) is 0 Å². The molecule has 0 bridgehead atoms. The Morgan fingerprint density at radius 3 is 2.20 bits per heavy atom. The smallest absolute Gasteiger partial charge is 0.0943 e. The maximum atomic E-state index is 5.42. The van der Waals surface area contributed by atoms with Crippen molar-refractivity contribution in [3.8, 4) is 0 Å². The first-order valence-electron chi connectivity index (χ1n) is 3.95. The second-order valence-electron chi connectivity index (χ2n) is 3.66. The average molecular weight is 142 g/mol. The predicted octanol–water partition coefficient (Wildman–Crippen LogP) is 1.34. The molecule has 0 amide bonds. The second kappa shape index (κ2) is 1.74. The molecular formula is C8H14O2. The zero-order chi connectivity index (χ0) is 7.35. The molecule has 0 aromatic carbocycles. The van der Waals surface area contributed by atoms with Gasteiger partial charge in [0.05, 0.1) is 23.9 Å². The molecule has 2 nitrogen and oxygen atoms in total. The summed E-state index contributed by atoms with van der Waals surface area (Å²) in [6.45, 7) is 6.39. The van der Waals surface area contributed by atoms with Gasteiger partial charge in [-0.25, -0.2) is 0 Å². The number of hydrogen-bond acceptors (Lipinski definition) is 2. The molecule has 2 heterocycles. The molecule has 4 unspecified atom stereocenters. The molecule has 4 atom stereocenters. The molecule has 0 aromatic rings. The quantitative estimate of drug-likeness (QED) is 0.543. The lowest BCUT2D eigenvalue weighted by molar-refractivity contribution is 0.270. The van der Waals surface area contributed by atoms with E-state index >= 15 is 0 Å². The van der Waals surface area contributed by atoms with E-state index in [1.165, 1.54) is 0 Å². The Kier molecular flexibility index (Phi) is 1.15. The van der Waals surface area contributed by atoms with Crippen LogP contribution in [0.5, 0.6) is 0 Å². The molecule has 2 rings (SSSR count). The maximum absolute atomic E-state index is 5.42. The monoisotopic (exact) mass is 142 g/mol. The normalized spacial score (nSPS) is 58.5. The van der Waals surface area contributed by atoms with Gasteiger partial charge in [-0.3, -0.25) is 0 Å². The van der Waals surface area contributed by atoms with E-state index in [2.05, 4.69) is 20.8 Å². The number of rotatable bonds is 2. The van der Waals surface area contributed by atoms with Crippen molar-refractivity contribution in [2.75, 3.05) is 0 Å². The first-order chi connectivity index (χ1) is 4.62. The van der Waals surface area contributed by atoms with Gasteiger partial charge in [0.1, 0.15) is 0 Å². The van der Waals surface area contributed by atoms with E-state index in [1.54, 1.807) is 0 Å². The summed E-state index contributed by atoms with van der Waals surface area (Å²) in [6, 6.07) is 0. The highest BCUT2D eigenvalue weighted by molar-refractivity contribution is 5.01. The fourth-order valence-corrected chi connectivity index (χ4v) is 1.43. The second-order valence-corrected chi connectivity index (χ2v) is 3.66. The first-order valence-corrected chi connectivity index (χ1v) is 3.95. The Hall–Kier alpha value is -0.0800. The van der Waals surface area contributed by atoms with Crippen LogP contribution >= 0.6 is 0 Å². The molecule has 0 saturated carbocycles. The fourth-order valence-electron chi connectivity index (χ4n) is 1.43. The Morgan fingerprint density at radius 1 is 1.40 bits per heavy atom. The van der Waals surface area contributed by atoms with Gasteiger partial charge in [0, 0.05) is 6.42 Å². The molecule has 0 N–H and O–H groups in total. The van der Waals surface area contributed by atoms with Gasteiger partial charge in [0.25, 0.3) is 0 Å². The van der Waals surface area contributed by atoms with Crippen LogP contribution in [0.25, 0.3) is 0 Å². The lowest BCUT2D eigenvalue weighted by Gasteiger charge is -1.99. The molecular weight excluding hydrogens is 128 g/mol. The maximum Gasteiger partial charge on any atom is 0.0943 e. The molecule has 0 spiro atoms. The van der Waals surface area contributed by atoms with Crippen molar-refractivity contribution in [3.05, 3.63) is 0 Å². The van der Waals surface area contributed by atoms with Crippen LogP contribution in [0.15, 0.2) is 0 Å². The molecule has 2 aliphatic heterocycles. The third-order valence-electron chi connectivity index (χ3n) is 2.69. The van der Waals surface area contributed by atoms with E-state index in [0.717, 1.165) is 6.42 Å². The van der Waals surface area contributed by atoms with Gasteiger partial charge in [-0.2, -0.15) is 0 Å². The lowest BCUT2D eigenvalue weighted by Crippen LogP contribution is -2.12. The molecule has 2 saturated heterocycles. The highest BCUT2D eigenvalue weighted by Gasteiger charge is 2.53. The van der Waals surface area contributed by atoms with Crippen molar-refractivity contribution in [2.24, 2.45) is 0 Å². The van der Waals surface area contributed by atoms with Crippen molar-refractivity contribution in [3.63, 3.8) is 0 Å². The third kappa shape index (κ3) is 0.956. The Bertz CT molecular complexity index is 157. The van der Waals surface area contributed by atoms with Crippen LogP contribution in [-0.2, 0) is 9.47 Å². The van der Waals surface area contributed by atoms with Crippen molar-refractivity contribution < 1.29 is 9.47 Å². The molecule has 2 aliphatic rings. The number of epoxide rings is 2. The lowest BCUT2D eigenvalue weighted by atomic mass is 10.0. The number of ether oxygens (including phenoxy) is 2. The van der Waals surface area contributed by atoms with Crippen LogP contribution in [0.1, 0.15) is 27.2 Å². The molecule has 2 fully saturated rings. The van der Waals surface area contributed by atoms with Gasteiger partial charge in [0.15, 0.2) is 0 Å². The number of hydrogen-bond donors (Lipinski definition) is 0. The minimum absolute atomic E-state index is 0.148. The Balaban J connectivity index is 1.81. The standard InChI is InChI=1S/C8H14O2/c1-5-7(9-5)4-8(3)6(2)10-8/h5-7H,4H2,1-3H3. The molecule has 10 heavy (non-hydrogen) atoms. The summed E-state index contributed by atoms with van der Waals surface area (Å²) in [5.74, 6) is 0. The van der Waals surface area contributed by atoms with Crippen LogP contribution in [0.4, 0.5) is 0 Å². The van der Waals surface area contributed by atoms with Crippen LogP contribution < -0.4 is 0 Å². The summed E-state index contributed by atoms with van der Waals surface area (Å²) in [5.41, 5.74) is 0.148. The summed E-state index contributed by atoms with van der Waals surface area (Å²) in [4.78, 5) is 0. The van der Waals surface area contributed by atoms with Crippen molar-refractivity contribution >= 4 is 0 Å². The zero-order valence-corrected chi connectivity index (χ0v) is 6.76. The third-order valence-corrected chi connectivity index (χ3v) is 2.69. The van der Waals surface area contributed by atoms with Crippen molar-refractivity contribution in [2.45, 2.75) is 51.1 Å². The minimum atomic E-state index is 0.148. The van der Waals surface area contributed by atoms with E-state index in [4.69, 9.17) is 9.47 Å². The predicted molar refractivity (Wildman–Crippen MR) is 37.9 cm³/mol. The minimum Gasteiger partial charge on any atom is -0.370 e. The van der Waals surface area contributed by atoms with Crippen LogP contribution in [-0.4, -0.2) is 23.9 Å². The van der Waals surface area contributed by atoms with Crippen LogP contribution in [0.2, 0.25) is 0 Å². The van der Waals surface area contributed by atoms with Gasteiger partial charge in [-0.15, -0.1) is 0 Å². The summed E-state index contributed by atoms with van der Waals surface area (Å²) in [7, 11) is 0. The van der Waals surface area contributed by atoms with E-state index in [9.17, 15) is 0 Å². The van der Waals surface area contributed by atoms with E-state index in [0.29, 0.717) is 18.3 Å². The highest BCUT2D eigenvalue weighted by atomic mass is 16.6. The Labute approximate surface area is 61.5 Å². The van der Waals surface area contributed by atoms with Gasteiger partial charge in [-0.1, -0.05) is 0 Å². The van der Waals surface area contributed by atoms with Crippen molar-refractivity contribution in [1.29, 1.82) is 0 Å². The molecule has 2 heteroatoms. The van der Waals surface area contributed by atoms with Gasteiger partial charge in [-0.05, 0) is 20.8 Å². The molecule has 0 aliphatic carbocycles. The van der Waals surface area contributed by atoms with Crippen LogP contribution in [0.3, 0.4) is 0 Å². The van der Waals surface area contributed by atoms with Gasteiger partial charge in [0.2, 0.25) is 0 Å². The van der Waals surface area contributed by atoms with E-state index < -0.39 is 0 Å². The summed E-state index contributed by atoms with van der Waals surface area (Å²) in [6.07, 6.45) is 2.49. The molecule has 0 radical (unpaired) electrons. The summed E-state index contributed by atoms with van der Waals surface area (Å²) < 4.78 is 10.7. The zero-order valence-electron chi connectivity index (χ0n) is 6.76. The van der Waals surface area contributed by atoms with Gasteiger partial charge >= 0.3 is 0 Å². The average Bonchev–Trinajstić information content (AvgIpc) is 2.58. The fraction of sp³-hybridized carbons (Fsp3) is 1.00. The molecule has 58 valence electrons. The summed E-state index contributed by atoms with van der Waals surface area (Å²) >= 11 is 0. The van der Waals surface area contributed by atoms with Crippen LogP contribution in [0, 0.1) is 0 Å². The first kappa shape index (κ1) is 6.62. The molecule has 0 aromatic heterocycles. The van der Waals surface area contributed by atoms with E-state index in [-0.39, 0.29) is 5.60 Å². The van der Waals surface area contributed by atoms with Gasteiger partial charge < -0.3 is 9.47 Å². The Morgan fingerprint density at radius 2 is 1.90 bits per heavy atom. The highest BCUT2D eigenvalue weighted by Crippen LogP contribution is 2.44. The SMILES string of the molecule is CC1OC1CC1(C)OC1C. The largest absolute Gasteiger partial charge is 0.370 e. The van der Waals surface area contributed by atoms with Crippen molar-refractivity contribution in [1.82, 2.24) is 0 Å². The topological polar surface area (TPSA) is 25.1 Å².